The quantitative estimate of drug-likeness (QED) is 0.896. The summed E-state index contributed by atoms with van der Waals surface area (Å²) in [5.41, 5.74) is 1.08. The molecule has 0 aromatic carbocycles. The molecular formula is C14H18N4. The molecule has 1 fully saturated rings. The van der Waals surface area contributed by atoms with Gasteiger partial charge in [-0.05, 0) is 31.0 Å². The smallest absolute Gasteiger partial charge is 0.126 e. The van der Waals surface area contributed by atoms with Gasteiger partial charge in [-0.15, -0.1) is 0 Å². The molecule has 0 amide bonds. The Morgan fingerprint density at radius 3 is 2.89 bits per heavy atom. The summed E-state index contributed by atoms with van der Waals surface area (Å²) in [6.45, 7) is 0.733. The van der Waals surface area contributed by atoms with Gasteiger partial charge in [0.2, 0.25) is 0 Å². The summed E-state index contributed by atoms with van der Waals surface area (Å²) in [6, 6.07) is 8.57. The van der Waals surface area contributed by atoms with Gasteiger partial charge in [-0.2, -0.15) is 5.10 Å². The van der Waals surface area contributed by atoms with E-state index < -0.39 is 0 Å². The van der Waals surface area contributed by atoms with E-state index >= 15 is 0 Å². The van der Waals surface area contributed by atoms with E-state index in [1.165, 1.54) is 25.7 Å². The zero-order valence-corrected chi connectivity index (χ0v) is 10.4. The molecule has 1 saturated carbocycles. The van der Waals surface area contributed by atoms with E-state index in [9.17, 15) is 0 Å². The van der Waals surface area contributed by atoms with Gasteiger partial charge < -0.3 is 5.32 Å². The molecule has 0 spiro atoms. The Morgan fingerprint density at radius 2 is 2.11 bits per heavy atom. The fraction of sp³-hybridized carbons (Fsp3) is 0.429. The summed E-state index contributed by atoms with van der Waals surface area (Å²) < 4.78 is 2.13. The van der Waals surface area contributed by atoms with Gasteiger partial charge in [0, 0.05) is 12.4 Å². The van der Waals surface area contributed by atoms with Crippen LogP contribution in [0.25, 0.3) is 0 Å². The summed E-state index contributed by atoms with van der Waals surface area (Å²) in [4.78, 5) is 4.23. The van der Waals surface area contributed by atoms with Gasteiger partial charge in [0.15, 0.2) is 0 Å². The number of nitrogens with one attached hydrogen (secondary N) is 1. The Labute approximate surface area is 107 Å². The molecule has 4 nitrogen and oxygen atoms in total. The zero-order valence-electron chi connectivity index (χ0n) is 10.4. The van der Waals surface area contributed by atoms with Gasteiger partial charge in [0.25, 0.3) is 0 Å². The minimum Gasteiger partial charge on any atom is -0.364 e. The summed E-state index contributed by atoms with van der Waals surface area (Å²) in [6.07, 6.45) is 9.12. The van der Waals surface area contributed by atoms with Gasteiger partial charge in [-0.3, -0.25) is 4.68 Å². The van der Waals surface area contributed by atoms with Crippen molar-refractivity contribution in [3.63, 3.8) is 0 Å². The van der Waals surface area contributed by atoms with Crippen molar-refractivity contribution < 1.29 is 0 Å². The highest BCUT2D eigenvalue weighted by Crippen LogP contribution is 2.28. The van der Waals surface area contributed by atoms with Gasteiger partial charge in [-0.1, -0.05) is 18.9 Å². The van der Waals surface area contributed by atoms with E-state index in [1.54, 1.807) is 6.20 Å². The largest absolute Gasteiger partial charge is 0.364 e. The highest BCUT2D eigenvalue weighted by molar-refractivity contribution is 5.33. The van der Waals surface area contributed by atoms with Crippen LogP contribution in [0.2, 0.25) is 0 Å². The molecule has 1 N–H and O–H groups in total. The zero-order chi connectivity index (χ0) is 12.2. The Balaban J connectivity index is 1.60. The maximum Gasteiger partial charge on any atom is 0.126 e. The molecule has 2 aromatic heterocycles. The number of nitrogens with zero attached hydrogens (tertiary/aromatic N) is 3. The van der Waals surface area contributed by atoms with Crippen LogP contribution < -0.4 is 5.32 Å². The Morgan fingerprint density at radius 1 is 1.22 bits per heavy atom. The topological polar surface area (TPSA) is 42.7 Å². The molecule has 0 radical (unpaired) electrons. The molecule has 2 heterocycles. The van der Waals surface area contributed by atoms with Gasteiger partial charge >= 0.3 is 0 Å². The van der Waals surface area contributed by atoms with E-state index in [-0.39, 0.29) is 0 Å². The molecule has 0 aliphatic heterocycles. The molecule has 3 rings (SSSR count). The minimum absolute atomic E-state index is 0.619. The molecule has 0 atom stereocenters. The number of aromatic nitrogens is 3. The fourth-order valence-corrected chi connectivity index (χ4v) is 2.49. The van der Waals surface area contributed by atoms with Crippen LogP contribution in [0, 0.1) is 0 Å². The van der Waals surface area contributed by atoms with Crippen LogP contribution in [0.15, 0.2) is 36.7 Å². The van der Waals surface area contributed by atoms with Crippen molar-refractivity contribution in [2.75, 3.05) is 5.32 Å². The van der Waals surface area contributed by atoms with Crippen LogP contribution in [0.5, 0.6) is 0 Å². The molecule has 1 aliphatic rings. The van der Waals surface area contributed by atoms with Crippen molar-refractivity contribution in [2.45, 2.75) is 38.3 Å². The first-order valence-corrected chi connectivity index (χ1v) is 6.61. The first kappa shape index (κ1) is 11.3. The molecule has 4 heteroatoms. The first-order chi connectivity index (χ1) is 8.92. The molecular weight excluding hydrogens is 224 g/mol. The second-order valence-corrected chi connectivity index (χ2v) is 4.79. The second kappa shape index (κ2) is 5.21. The van der Waals surface area contributed by atoms with Crippen molar-refractivity contribution >= 4 is 5.82 Å². The molecule has 0 unspecified atom stereocenters. The predicted molar refractivity (Wildman–Crippen MR) is 71.3 cm³/mol. The van der Waals surface area contributed by atoms with Crippen LogP contribution >= 0.6 is 0 Å². The maximum atomic E-state index is 4.63. The van der Waals surface area contributed by atoms with Crippen molar-refractivity contribution in [1.29, 1.82) is 0 Å². The van der Waals surface area contributed by atoms with Crippen LogP contribution in [-0.2, 0) is 6.54 Å². The van der Waals surface area contributed by atoms with Crippen LogP contribution in [0.4, 0.5) is 5.82 Å². The van der Waals surface area contributed by atoms with Gasteiger partial charge in [0.05, 0.1) is 18.3 Å². The van der Waals surface area contributed by atoms with E-state index in [0.717, 1.165) is 18.1 Å². The third-order valence-electron chi connectivity index (χ3n) is 3.48. The van der Waals surface area contributed by atoms with E-state index in [0.29, 0.717) is 6.04 Å². The summed E-state index contributed by atoms with van der Waals surface area (Å²) in [5.74, 6) is 0.896. The molecule has 1 aliphatic carbocycles. The summed E-state index contributed by atoms with van der Waals surface area (Å²) in [7, 11) is 0. The molecule has 94 valence electrons. The summed E-state index contributed by atoms with van der Waals surface area (Å²) in [5, 5.41) is 7.91. The van der Waals surface area contributed by atoms with Crippen molar-refractivity contribution in [3.05, 3.63) is 42.4 Å². The molecule has 0 saturated heterocycles. The standard InChI is InChI=1S/C14H18N4/c1-2-6-13(5-1)18-10-8-12(17-18)11-16-14-7-3-4-9-15-14/h3-4,7-10,13H,1-2,5-6,11H2,(H,15,16). The van der Waals surface area contributed by atoms with Crippen LogP contribution in [0.3, 0.4) is 0 Å². The minimum atomic E-state index is 0.619. The first-order valence-electron chi connectivity index (χ1n) is 6.61. The van der Waals surface area contributed by atoms with Crippen LogP contribution in [-0.4, -0.2) is 14.8 Å². The normalized spacial score (nSPS) is 16.0. The average molecular weight is 242 g/mol. The van der Waals surface area contributed by atoms with Crippen molar-refractivity contribution in [3.8, 4) is 0 Å². The Kier molecular flexibility index (Phi) is 3.26. The summed E-state index contributed by atoms with van der Waals surface area (Å²) >= 11 is 0. The molecule has 18 heavy (non-hydrogen) atoms. The van der Waals surface area contributed by atoms with E-state index in [4.69, 9.17) is 0 Å². The lowest BCUT2D eigenvalue weighted by molar-refractivity contribution is 0.463. The third kappa shape index (κ3) is 2.53. The van der Waals surface area contributed by atoms with Gasteiger partial charge in [-0.25, -0.2) is 4.98 Å². The maximum absolute atomic E-state index is 4.63. The Bertz CT molecular complexity index is 486. The highest BCUT2D eigenvalue weighted by atomic mass is 15.3. The lowest BCUT2D eigenvalue weighted by atomic mass is 10.3. The monoisotopic (exact) mass is 242 g/mol. The molecule has 2 aromatic rings. The van der Waals surface area contributed by atoms with Crippen LogP contribution in [0.1, 0.15) is 37.4 Å². The molecule has 0 bridgehead atoms. The predicted octanol–water partition coefficient (Wildman–Crippen LogP) is 3.01. The number of hydrogen-bond acceptors (Lipinski definition) is 3. The average Bonchev–Trinajstić information content (AvgIpc) is 3.08. The number of anilines is 1. The third-order valence-corrected chi connectivity index (χ3v) is 3.48. The lowest BCUT2D eigenvalue weighted by Crippen LogP contribution is -2.07. The van der Waals surface area contributed by atoms with E-state index in [1.807, 2.05) is 18.2 Å². The number of hydrogen-bond donors (Lipinski definition) is 1. The fourth-order valence-electron chi connectivity index (χ4n) is 2.49. The van der Waals surface area contributed by atoms with Crippen molar-refractivity contribution in [2.24, 2.45) is 0 Å². The second-order valence-electron chi connectivity index (χ2n) is 4.79. The van der Waals surface area contributed by atoms with Gasteiger partial charge in [0.1, 0.15) is 5.82 Å². The SMILES string of the molecule is c1ccc(NCc2ccn(C3CCCC3)n2)nc1. The van der Waals surface area contributed by atoms with Crippen molar-refractivity contribution in [1.82, 2.24) is 14.8 Å². The number of rotatable bonds is 4. The highest BCUT2D eigenvalue weighted by Gasteiger charge is 2.17. The number of pyridine rings is 1. The van der Waals surface area contributed by atoms with E-state index in [2.05, 4.69) is 32.3 Å². The Hall–Kier alpha value is -1.84. The lowest BCUT2D eigenvalue weighted by Gasteiger charge is -2.09.